The second kappa shape index (κ2) is 8.42. The Labute approximate surface area is 144 Å². The second-order valence-corrected chi connectivity index (χ2v) is 7.52. The molecule has 0 saturated carbocycles. The lowest BCUT2D eigenvalue weighted by molar-refractivity contribution is -0.124. The van der Waals surface area contributed by atoms with Crippen LogP contribution in [-0.4, -0.2) is 39.5 Å². The van der Waals surface area contributed by atoms with Crippen molar-refractivity contribution >= 4 is 37.8 Å². The molecule has 0 bridgehead atoms. The highest BCUT2D eigenvalue weighted by Gasteiger charge is 2.20. The SMILES string of the molecule is CCNC(=O)COC(=O)c1cc(S(=O)(=O)NC(C)C)ccc1Br. The summed E-state index contributed by atoms with van der Waals surface area (Å²) in [5.74, 6) is -1.22. The molecule has 23 heavy (non-hydrogen) atoms. The Kier molecular flexibility index (Phi) is 7.17. The van der Waals surface area contributed by atoms with Gasteiger partial charge in [-0.15, -0.1) is 0 Å². The van der Waals surface area contributed by atoms with Crippen LogP contribution >= 0.6 is 15.9 Å². The Morgan fingerprint density at radius 1 is 1.30 bits per heavy atom. The van der Waals surface area contributed by atoms with Gasteiger partial charge in [-0.05, 0) is 54.9 Å². The third kappa shape index (κ3) is 5.92. The largest absolute Gasteiger partial charge is 0.452 e. The van der Waals surface area contributed by atoms with Crippen molar-refractivity contribution in [3.8, 4) is 0 Å². The molecule has 0 aliphatic rings. The number of sulfonamides is 1. The molecule has 0 heterocycles. The number of nitrogens with one attached hydrogen (secondary N) is 2. The molecule has 0 spiro atoms. The van der Waals surface area contributed by atoms with Crippen LogP contribution in [0.1, 0.15) is 31.1 Å². The van der Waals surface area contributed by atoms with Crippen molar-refractivity contribution in [2.75, 3.05) is 13.2 Å². The molecule has 0 saturated heterocycles. The summed E-state index contributed by atoms with van der Waals surface area (Å²) in [4.78, 5) is 23.3. The quantitative estimate of drug-likeness (QED) is 0.666. The fourth-order valence-electron chi connectivity index (χ4n) is 1.66. The highest BCUT2D eigenvalue weighted by Crippen LogP contribution is 2.22. The monoisotopic (exact) mass is 406 g/mol. The third-order valence-electron chi connectivity index (χ3n) is 2.57. The summed E-state index contributed by atoms with van der Waals surface area (Å²) in [7, 11) is -3.73. The smallest absolute Gasteiger partial charge is 0.339 e. The zero-order valence-corrected chi connectivity index (χ0v) is 15.5. The van der Waals surface area contributed by atoms with Crippen LogP contribution in [0.25, 0.3) is 0 Å². The fourth-order valence-corrected chi connectivity index (χ4v) is 3.35. The van der Waals surface area contributed by atoms with E-state index >= 15 is 0 Å². The van der Waals surface area contributed by atoms with Gasteiger partial charge in [-0.3, -0.25) is 4.79 Å². The lowest BCUT2D eigenvalue weighted by Gasteiger charge is -2.11. The van der Waals surface area contributed by atoms with E-state index in [0.29, 0.717) is 11.0 Å². The van der Waals surface area contributed by atoms with Gasteiger partial charge in [0.15, 0.2) is 6.61 Å². The van der Waals surface area contributed by atoms with Gasteiger partial charge in [-0.1, -0.05) is 0 Å². The van der Waals surface area contributed by atoms with Crippen LogP contribution in [0.3, 0.4) is 0 Å². The average Bonchev–Trinajstić information content (AvgIpc) is 2.44. The van der Waals surface area contributed by atoms with E-state index in [1.54, 1.807) is 20.8 Å². The fraction of sp³-hybridized carbons (Fsp3) is 0.429. The highest BCUT2D eigenvalue weighted by molar-refractivity contribution is 9.10. The summed E-state index contributed by atoms with van der Waals surface area (Å²) < 4.78 is 32.0. The van der Waals surface area contributed by atoms with Gasteiger partial charge >= 0.3 is 5.97 Å². The minimum atomic E-state index is -3.73. The number of esters is 1. The Balaban J connectivity index is 2.97. The lowest BCUT2D eigenvalue weighted by atomic mass is 10.2. The topological polar surface area (TPSA) is 102 Å². The van der Waals surface area contributed by atoms with Gasteiger partial charge in [0.2, 0.25) is 10.0 Å². The van der Waals surface area contributed by atoms with Crippen molar-refractivity contribution in [2.24, 2.45) is 0 Å². The first kappa shape index (κ1) is 19.6. The zero-order valence-electron chi connectivity index (χ0n) is 13.1. The molecule has 2 N–H and O–H groups in total. The molecule has 1 aromatic rings. The van der Waals surface area contributed by atoms with E-state index in [2.05, 4.69) is 26.0 Å². The van der Waals surface area contributed by atoms with Crippen molar-refractivity contribution in [2.45, 2.75) is 31.7 Å². The summed E-state index contributed by atoms with van der Waals surface area (Å²) in [6.07, 6.45) is 0. The Hall–Kier alpha value is -1.45. The minimum absolute atomic E-state index is 0.0286. The van der Waals surface area contributed by atoms with Gasteiger partial charge < -0.3 is 10.1 Å². The second-order valence-electron chi connectivity index (χ2n) is 4.95. The van der Waals surface area contributed by atoms with Crippen molar-refractivity contribution in [3.05, 3.63) is 28.2 Å². The predicted octanol–water partition coefficient (Wildman–Crippen LogP) is 1.43. The van der Waals surface area contributed by atoms with Crippen LogP contribution in [0, 0.1) is 0 Å². The molecule has 0 aromatic heterocycles. The number of amides is 1. The van der Waals surface area contributed by atoms with Gasteiger partial charge in [0.1, 0.15) is 0 Å². The van der Waals surface area contributed by atoms with Gasteiger partial charge in [-0.2, -0.15) is 0 Å². The Bertz CT molecular complexity index is 688. The average molecular weight is 407 g/mol. The van der Waals surface area contributed by atoms with Crippen LogP contribution in [0.4, 0.5) is 0 Å². The van der Waals surface area contributed by atoms with Crippen molar-refractivity contribution in [3.63, 3.8) is 0 Å². The summed E-state index contributed by atoms with van der Waals surface area (Å²) in [5.41, 5.74) is 0.0286. The summed E-state index contributed by atoms with van der Waals surface area (Å²) in [5, 5.41) is 2.49. The number of benzene rings is 1. The third-order valence-corrected chi connectivity index (χ3v) is 4.91. The van der Waals surface area contributed by atoms with Gasteiger partial charge in [0.05, 0.1) is 10.5 Å². The first-order valence-corrected chi connectivity index (χ1v) is 9.20. The zero-order chi connectivity index (χ0) is 17.6. The molecular formula is C14H19BrN2O5S. The number of halogens is 1. The standard InChI is InChI=1S/C14H19BrN2O5S/c1-4-16-13(18)8-22-14(19)11-7-10(5-6-12(11)15)23(20,21)17-9(2)3/h5-7,9,17H,4,8H2,1-3H3,(H,16,18). The van der Waals surface area contributed by atoms with Crippen LogP contribution in [0.15, 0.2) is 27.6 Å². The number of likely N-dealkylation sites (N-methyl/N-ethyl adjacent to an activating group) is 1. The summed E-state index contributed by atoms with van der Waals surface area (Å²) in [6, 6.07) is 3.73. The van der Waals surface area contributed by atoms with E-state index in [9.17, 15) is 18.0 Å². The molecule has 7 nitrogen and oxygen atoms in total. The molecule has 0 unspecified atom stereocenters. The van der Waals surface area contributed by atoms with E-state index in [1.807, 2.05) is 0 Å². The molecule has 1 amide bonds. The first-order valence-electron chi connectivity index (χ1n) is 6.93. The molecule has 0 atom stereocenters. The number of carbonyl (C=O) groups excluding carboxylic acids is 2. The maximum Gasteiger partial charge on any atom is 0.339 e. The maximum absolute atomic E-state index is 12.1. The number of rotatable bonds is 7. The first-order chi connectivity index (χ1) is 10.7. The van der Waals surface area contributed by atoms with Crippen LogP contribution in [0.5, 0.6) is 0 Å². The molecule has 1 rings (SSSR count). The van der Waals surface area contributed by atoms with E-state index in [4.69, 9.17) is 4.74 Å². The van der Waals surface area contributed by atoms with Crippen LogP contribution < -0.4 is 10.0 Å². The van der Waals surface area contributed by atoms with Gasteiger partial charge in [-0.25, -0.2) is 17.9 Å². The number of carbonyl (C=O) groups is 2. The number of hydrogen-bond donors (Lipinski definition) is 2. The van der Waals surface area contributed by atoms with E-state index in [-0.39, 0.29) is 16.5 Å². The summed E-state index contributed by atoms with van der Waals surface area (Å²) >= 11 is 3.17. The molecule has 0 aliphatic heterocycles. The van der Waals surface area contributed by atoms with E-state index in [1.165, 1.54) is 18.2 Å². The normalized spacial score (nSPS) is 11.3. The van der Waals surface area contributed by atoms with E-state index in [0.717, 1.165) is 0 Å². The molecular weight excluding hydrogens is 388 g/mol. The van der Waals surface area contributed by atoms with Gasteiger partial charge in [0.25, 0.3) is 5.91 Å². The van der Waals surface area contributed by atoms with Crippen LogP contribution in [-0.2, 0) is 19.6 Å². The predicted molar refractivity (Wildman–Crippen MR) is 88.6 cm³/mol. The van der Waals surface area contributed by atoms with E-state index < -0.39 is 28.5 Å². The van der Waals surface area contributed by atoms with Gasteiger partial charge in [0, 0.05) is 17.1 Å². The van der Waals surface area contributed by atoms with Crippen molar-refractivity contribution in [1.82, 2.24) is 10.0 Å². The molecule has 0 fully saturated rings. The number of hydrogen-bond acceptors (Lipinski definition) is 5. The molecule has 0 radical (unpaired) electrons. The van der Waals surface area contributed by atoms with Crippen molar-refractivity contribution < 1.29 is 22.7 Å². The number of ether oxygens (including phenoxy) is 1. The Morgan fingerprint density at radius 3 is 2.52 bits per heavy atom. The Morgan fingerprint density at radius 2 is 1.96 bits per heavy atom. The molecule has 9 heteroatoms. The maximum atomic E-state index is 12.1. The van der Waals surface area contributed by atoms with Crippen LogP contribution in [0.2, 0.25) is 0 Å². The van der Waals surface area contributed by atoms with Crippen molar-refractivity contribution in [1.29, 1.82) is 0 Å². The highest BCUT2D eigenvalue weighted by atomic mass is 79.9. The molecule has 128 valence electrons. The summed E-state index contributed by atoms with van der Waals surface area (Å²) in [6.45, 7) is 5.12. The lowest BCUT2D eigenvalue weighted by Crippen LogP contribution is -2.30. The molecule has 1 aromatic carbocycles. The molecule has 0 aliphatic carbocycles. The minimum Gasteiger partial charge on any atom is -0.452 e.